The van der Waals surface area contributed by atoms with Gasteiger partial charge < -0.3 is 5.32 Å². The Balaban J connectivity index is 1.64. The number of para-hydroxylation sites is 1. The fourth-order valence-electron chi connectivity index (χ4n) is 2.39. The Hall–Kier alpha value is -2.95. The first-order valence-corrected chi connectivity index (χ1v) is 7.57. The van der Waals surface area contributed by atoms with E-state index in [0.29, 0.717) is 13.0 Å². The highest BCUT2D eigenvalue weighted by Gasteiger charge is 2.07. The van der Waals surface area contributed by atoms with Crippen LogP contribution in [0, 0.1) is 0 Å². The van der Waals surface area contributed by atoms with Crippen LogP contribution in [0.15, 0.2) is 67.0 Å². The zero-order chi connectivity index (χ0) is 15.9. The van der Waals surface area contributed by atoms with E-state index in [2.05, 4.69) is 27.8 Å². The molecule has 1 aromatic heterocycles. The SMILES string of the molecule is O=C(CCn1ccnn1)Nc1ccccc1Cc1ccccc1. The van der Waals surface area contributed by atoms with Gasteiger partial charge in [-0.05, 0) is 23.6 Å². The molecular formula is C18H18N4O. The van der Waals surface area contributed by atoms with Crippen molar-refractivity contribution in [3.8, 4) is 0 Å². The quantitative estimate of drug-likeness (QED) is 0.762. The molecule has 0 fully saturated rings. The molecular weight excluding hydrogens is 288 g/mol. The number of nitrogens with zero attached hydrogens (tertiary/aromatic N) is 3. The summed E-state index contributed by atoms with van der Waals surface area (Å²) in [6, 6.07) is 18.1. The van der Waals surface area contributed by atoms with Crippen molar-refractivity contribution >= 4 is 11.6 Å². The van der Waals surface area contributed by atoms with Gasteiger partial charge in [-0.3, -0.25) is 9.48 Å². The smallest absolute Gasteiger partial charge is 0.226 e. The van der Waals surface area contributed by atoms with Crippen LogP contribution in [0.25, 0.3) is 0 Å². The van der Waals surface area contributed by atoms with Crippen LogP contribution < -0.4 is 5.32 Å². The van der Waals surface area contributed by atoms with Gasteiger partial charge in [0.25, 0.3) is 0 Å². The zero-order valence-corrected chi connectivity index (χ0v) is 12.7. The largest absolute Gasteiger partial charge is 0.326 e. The van der Waals surface area contributed by atoms with Gasteiger partial charge in [-0.1, -0.05) is 53.7 Å². The molecule has 0 aliphatic carbocycles. The Morgan fingerprint density at radius 1 is 1.04 bits per heavy atom. The number of carbonyl (C=O) groups is 1. The minimum Gasteiger partial charge on any atom is -0.326 e. The van der Waals surface area contributed by atoms with E-state index >= 15 is 0 Å². The molecule has 1 heterocycles. The molecule has 0 saturated carbocycles. The molecule has 0 aliphatic rings. The van der Waals surface area contributed by atoms with E-state index < -0.39 is 0 Å². The summed E-state index contributed by atoms with van der Waals surface area (Å²) in [6.07, 6.45) is 4.51. The van der Waals surface area contributed by atoms with Gasteiger partial charge in [0.2, 0.25) is 5.91 Å². The van der Waals surface area contributed by atoms with Gasteiger partial charge in [-0.25, -0.2) is 0 Å². The lowest BCUT2D eigenvalue weighted by molar-refractivity contribution is -0.116. The van der Waals surface area contributed by atoms with E-state index in [9.17, 15) is 4.79 Å². The highest BCUT2D eigenvalue weighted by atomic mass is 16.1. The predicted octanol–water partition coefficient (Wildman–Crippen LogP) is 2.90. The summed E-state index contributed by atoms with van der Waals surface area (Å²) < 4.78 is 1.65. The maximum Gasteiger partial charge on any atom is 0.226 e. The van der Waals surface area contributed by atoms with Crippen molar-refractivity contribution in [1.82, 2.24) is 15.0 Å². The fourth-order valence-corrected chi connectivity index (χ4v) is 2.39. The summed E-state index contributed by atoms with van der Waals surface area (Å²) in [5, 5.41) is 10.6. The minimum atomic E-state index is -0.0268. The maximum atomic E-state index is 12.1. The van der Waals surface area contributed by atoms with E-state index in [1.807, 2.05) is 42.5 Å². The van der Waals surface area contributed by atoms with Gasteiger partial charge in [0.15, 0.2) is 0 Å². The molecule has 1 amide bonds. The molecule has 0 spiro atoms. The summed E-state index contributed by atoms with van der Waals surface area (Å²) >= 11 is 0. The molecule has 5 heteroatoms. The lowest BCUT2D eigenvalue weighted by Crippen LogP contribution is -2.16. The average molecular weight is 306 g/mol. The number of amides is 1. The zero-order valence-electron chi connectivity index (χ0n) is 12.7. The van der Waals surface area contributed by atoms with E-state index in [1.54, 1.807) is 17.1 Å². The van der Waals surface area contributed by atoms with Crippen LogP contribution in [-0.2, 0) is 17.8 Å². The van der Waals surface area contributed by atoms with Gasteiger partial charge in [-0.15, -0.1) is 5.10 Å². The van der Waals surface area contributed by atoms with Crippen molar-refractivity contribution in [2.75, 3.05) is 5.32 Å². The van der Waals surface area contributed by atoms with Crippen LogP contribution >= 0.6 is 0 Å². The van der Waals surface area contributed by atoms with Crippen LogP contribution in [0.3, 0.4) is 0 Å². The average Bonchev–Trinajstić information content (AvgIpc) is 3.09. The van der Waals surface area contributed by atoms with E-state index in [0.717, 1.165) is 17.7 Å². The first-order chi connectivity index (χ1) is 11.3. The minimum absolute atomic E-state index is 0.0268. The van der Waals surface area contributed by atoms with Crippen molar-refractivity contribution in [2.24, 2.45) is 0 Å². The Morgan fingerprint density at radius 3 is 2.61 bits per heavy atom. The summed E-state index contributed by atoms with van der Waals surface area (Å²) in [6.45, 7) is 0.521. The molecule has 0 atom stereocenters. The molecule has 2 aromatic carbocycles. The molecule has 0 saturated heterocycles. The number of hydrogen-bond donors (Lipinski definition) is 1. The number of benzene rings is 2. The highest BCUT2D eigenvalue weighted by molar-refractivity contribution is 5.91. The van der Waals surface area contributed by atoms with Crippen molar-refractivity contribution in [3.05, 3.63) is 78.1 Å². The molecule has 3 aromatic rings. The van der Waals surface area contributed by atoms with Gasteiger partial charge in [0, 0.05) is 18.3 Å². The fraction of sp³-hybridized carbons (Fsp3) is 0.167. The molecule has 0 bridgehead atoms. The van der Waals surface area contributed by atoms with E-state index in [4.69, 9.17) is 0 Å². The Kier molecular flexibility index (Phi) is 4.79. The Labute approximate surface area is 135 Å². The molecule has 23 heavy (non-hydrogen) atoms. The first kappa shape index (κ1) is 15.0. The summed E-state index contributed by atoms with van der Waals surface area (Å²) in [4.78, 5) is 12.1. The van der Waals surface area contributed by atoms with E-state index in [1.165, 1.54) is 5.56 Å². The molecule has 5 nitrogen and oxygen atoms in total. The summed E-state index contributed by atoms with van der Waals surface area (Å²) in [5.74, 6) is -0.0268. The molecule has 0 aliphatic heterocycles. The van der Waals surface area contributed by atoms with E-state index in [-0.39, 0.29) is 5.91 Å². The normalized spacial score (nSPS) is 10.4. The van der Waals surface area contributed by atoms with Crippen molar-refractivity contribution in [3.63, 3.8) is 0 Å². The second-order valence-electron chi connectivity index (χ2n) is 5.28. The number of carbonyl (C=O) groups excluding carboxylic acids is 1. The van der Waals surface area contributed by atoms with Crippen LogP contribution in [0.2, 0.25) is 0 Å². The topological polar surface area (TPSA) is 59.8 Å². The standard InChI is InChI=1S/C18H18N4O/c23-18(10-12-22-13-11-19-21-22)20-17-9-5-4-8-16(17)14-15-6-2-1-3-7-15/h1-9,11,13H,10,12,14H2,(H,20,23). The maximum absolute atomic E-state index is 12.1. The highest BCUT2D eigenvalue weighted by Crippen LogP contribution is 2.19. The lowest BCUT2D eigenvalue weighted by atomic mass is 10.0. The summed E-state index contributed by atoms with van der Waals surface area (Å²) in [5.41, 5.74) is 3.18. The third-order valence-electron chi connectivity index (χ3n) is 3.57. The third kappa shape index (κ3) is 4.26. The van der Waals surface area contributed by atoms with Gasteiger partial charge in [-0.2, -0.15) is 0 Å². The second kappa shape index (κ2) is 7.35. The third-order valence-corrected chi connectivity index (χ3v) is 3.57. The van der Waals surface area contributed by atoms with Gasteiger partial charge in [0.1, 0.15) is 0 Å². The van der Waals surface area contributed by atoms with Crippen LogP contribution in [0.5, 0.6) is 0 Å². The molecule has 3 rings (SSSR count). The molecule has 0 radical (unpaired) electrons. The number of aryl methyl sites for hydroxylation is 1. The van der Waals surface area contributed by atoms with Crippen molar-refractivity contribution < 1.29 is 4.79 Å². The molecule has 1 N–H and O–H groups in total. The first-order valence-electron chi connectivity index (χ1n) is 7.57. The number of rotatable bonds is 6. The van der Waals surface area contributed by atoms with Crippen LogP contribution in [0.4, 0.5) is 5.69 Å². The molecule has 116 valence electrons. The number of nitrogens with one attached hydrogen (secondary N) is 1. The van der Waals surface area contributed by atoms with Crippen LogP contribution in [0.1, 0.15) is 17.5 Å². The number of aromatic nitrogens is 3. The predicted molar refractivity (Wildman–Crippen MR) is 89.0 cm³/mol. The lowest BCUT2D eigenvalue weighted by Gasteiger charge is -2.11. The monoisotopic (exact) mass is 306 g/mol. The van der Waals surface area contributed by atoms with Crippen molar-refractivity contribution in [1.29, 1.82) is 0 Å². The number of anilines is 1. The van der Waals surface area contributed by atoms with Gasteiger partial charge >= 0.3 is 0 Å². The number of hydrogen-bond acceptors (Lipinski definition) is 3. The van der Waals surface area contributed by atoms with Gasteiger partial charge in [0.05, 0.1) is 12.7 Å². The van der Waals surface area contributed by atoms with Crippen molar-refractivity contribution in [2.45, 2.75) is 19.4 Å². The van der Waals surface area contributed by atoms with Crippen LogP contribution in [-0.4, -0.2) is 20.9 Å². The Morgan fingerprint density at radius 2 is 1.83 bits per heavy atom. The Bertz CT molecular complexity index is 754. The molecule has 0 unspecified atom stereocenters. The summed E-state index contributed by atoms with van der Waals surface area (Å²) in [7, 11) is 0. The second-order valence-corrected chi connectivity index (χ2v) is 5.28.